The second-order valence-electron chi connectivity index (χ2n) is 6.97. The van der Waals surface area contributed by atoms with Crippen molar-refractivity contribution in [2.24, 2.45) is 5.92 Å². The fourth-order valence-electron chi connectivity index (χ4n) is 3.47. The van der Waals surface area contributed by atoms with Gasteiger partial charge in [-0.15, -0.1) is 5.10 Å². The predicted octanol–water partition coefficient (Wildman–Crippen LogP) is 0.451. The molecule has 0 aromatic carbocycles. The number of aliphatic hydroxyl groups is 2. The molecular formula is C17H23N5O2. The van der Waals surface area contributed by atoms with Crippen molar-refractivity contribution in [3.8, 4) is 0 Å². The molecule has 4 atom stereocenters. The zero-order valence-corrected chi connectivity index (χ0v) is 13.5. The van der Waals surface area contributed by atoms with Gasteiger partial charge in [0.1, 0.15) is 0 Å². The number of nitrogens with one attached hydrogen (secondary N) is 1. The quantitative estimate of drug-likeness (QED) is 0.712. The molecule has 128 valence electrons. The highest BCUT2D eigenvalue weighted by Gasteiger charge is 2.41. The smallest absolute Gasteiger partial charge is 0.0955 e. The minimum Gasteiger partial charge on any atom is -0.390 e. The van der Waals surface area contributed by atoms with E-state index in [0.717, 1.165) is 11.3 Å². The van der Waals surface area contributed by atoms with E-state index >= 15 is 0 Å². The summed E-state index contributed by atoms with van der Waals surface area (Å²) in [5.41, 5.74) is 2.11. The number of pyridine rings is 1. The first-order valence-corrected chi connectivity index (χ1v) is 8.59. The van der Waals surface area contributed by atoms with Crippen molar-refractivity contribution >= 4 is 0 Å². The third-order valence-electron chi connectivity index (χ3n) is 5.07. The Morgan fingerprint density at radius 1 is 1.25 bits per heavy atom. The average Bonchev–Trinajstić information content (AvgIpc) is 3.30. The lowest BCUT2D eigenvalue weighted by atomic mass is 10.1. The van der Waals surface area contributed by atoms with Crippen molar-refractivity contribution in [1.29, 1.82) is 0 Å². The van der Waals surface area contributed by atoms with E-state index in [1.54, 1.807) is 17.1 Å². The first-order valence-electron chi connectivity index (χ1n) is 8.59. The SMILES string of the molecule is O[C@@H]1[C@@H](Cn2cc(C3CC3)nn2)C[C@@H](NCc2cccnc2)[C@@H]1O. The van der Waals surface area contributed by atoms with Gasteiger partial charge in [-0.2, -0.15) is 0 Å². The van der Waals surface area contributed by atoms with E-state index in [-0.39, 0.29) is 12.0 Å². The molecule has 0 aliphatic heterocycles. The largest absolute Gasteiger partial charge is 0.390 e. The summed E-state index contributed by atoms with van der Waals surface area (Å²) in [5.74, 6) is 0.548. The average molecular weight is 329 g/mol. The number of rotatable bonds is 6. The van der Waals surface area contributed by atoms with Crippen LogP contribution in [0.25, 0.3) is 0 Å². The predicted molar refractivity (Wildman–Crippen MR) is 87.0 cm³/mol. The van der Waals surface area contributed by atoms with Gasteiger partial charge in [0.25, 0.3) is 0 Å². The van der Waals surface area contributed by atoms with E-state index in [0.29, 0.717) is 25.4 Å². The van der Waals surface area contributed by atoms with E-state index in [2.05, 4.69) is 20.6 Å². The van der Waals surface area contributed by atoms with Gasteiger partial charge in [0.15, 0.2) is 0 Å². The molecule has 0 amide bonds. The Bertz CT molecular complexity index is 673. The summed E-state index contributed by atoms with van der Waals surface area (Å²) in [5, 5.41) is 32.4. The number of aromatic nitrogens is 4. The fourth-order valence-corrected chi connectivity index (χ4v) is 3.47. The van der Waals surface area contributed by atoms with Crippen LogP contribution in [0.2, 0.25) is 0 Å². The Balaban J connectivity index is 1.34. The first kappa shape index (κ1) is 15.7. The fraction of sp³-hybridized carbons (Fsp3) is 0.588. The van der Waals surface area contributed by atoms with Crippen LogP contribution in [-0.2, 0) is 13.1 Å². The van der Waals surface area contributed by atoms with Gasteiger partial charge in [0, 0.05) is 49.6 Å². The molecule has 2 aliphatic rings. The van der Waals surface area contributed by atoms with Crippen LogP contribution in [-0.4, -0.2) is 48.4 Å². The van der Waals surface area contributed by atoms with Crippen LogP contribution in [0.3, 0.4) is 0 Å². The minimum atomic E-state index is -0.766. The molecule has 0 saturated heterocycles. The van der Waals surface area contributed by atoms with Crippen molar-refractivity contribution in [3.05, 3.63) is 42.0 Å². The topological polar surface area (TPSA) is 96.1 Å². The van der Waals surface area contributed by atoms with E-state index in [1.807, 2.05) is 18.3 Å². The van der Waals surface area contributed by atoms with Gasteiger partial charge < -0.3 is 15.5 Å². The normalized spacial score (nSPS) is 29.9. The molecule has 7 heteroatoms. The third-order valence-corrected chi connectivity index (χ3v) is 5.07. The molecule has 3 N–H and O–H groups in total. The van der Waals surface area contributed by atoms with Crippen LogP contribution < -0.4 is 5.32 Å². The zero-order chi connectivity index (χ0) is 16.5. The lowest BCUT2D eigenvalue weighted by molar-refractivity contribution is 0.00722. The number of hydrogen-bond donors (Lipinski definition) is 3. The van der Waals surface area contributed by atoms with Gasteiger partial charge in [0.05, 0.1) is 17.9 Å². The van der Waals surface area contributed by atoms with Crippen molar-refractivity contribution < 1.29 is 10.2 Å². The van der Waals surface area contributed by atoms with Gasteiger partial charge in [0.2, 0.25) is 0 Å². The molecule has 2 heterocycles. The Morgan fingerprint density at radius 3 is 2.88 bits per heavy atom. The van der Waals surface area contributed by atoms with Crippen LogP contribution in [0.4, 0.5) is 0 Å². The van der Waals surface area contributed by atoms with Crippen LogP contribution >= 0.6 is 0 Å². The lowest BCUT2D eigenvalue weighted by Crippen LogP contribution is -2.39. The van der Waals surface area contributed by atoms with Crippen molar-refractivity contribution in [3.63, 3.8) is 0 Å². The first-order chi connectivity index (χ1) is 11.7. The molecule has 2 aromatic heterocycles. The van der Waals surface area contributed by atoms with Crippen LogP contribution in [0, 0.1) is 5.92 Å². The monoisotopic (exact) mass is 329 g/mol. The minimum absolute atomic E-state index is 0.0276. The maximum atomic E-state index is 10.4. The summed E-state index contributed by atoms with van der Waals surface area (Å²) < 4.78 is 1.80. The highest BCUT2D eigenvalue weighted by Crippen LogP contribution is 2.38. The molecule has 2 aromatic rings. The molecule has 0 radical (unpaired) electrons. The van der Waals surface area contributed by atoms with Crippen LogP contribution in [0.5, 0.6) is 0 Å². The molecule has 7 nitrogen and oxygen atoms in total. The van der Waals surface area contributed by atoms with Crippen molar-refractivity contribution in [2.75, 3.05) is 0 Å². The number of hydrogen-bond acceptors (Lipinski definition) is 6. The van der Waals surface area contributed by atoms with E-state index < -0.39 is 12.2 Å². The molecule has 24 heavy (non-hydrogen) atoms. The Morgan fingerprint density at radius 2 is 2.12 bits per heavy atom. The number of nitrogens with zero attached hydrogens (tertiary/aromatic N) is 4. The standard InChI is InChI=1S/C17H23N5O2/c23-16-13(9-22-10-15(20-21-22)12-3-4-12)6-14(17(16)24)19-8-11-2-1-5-18-7-11/h1-2,5,7,10,12-14,16-17,19,23-24H,3-4,6,8-9H2/t13-,14-,16-,17+/m1/s1. The van der Waals surface area contributed by atoms with E-state index in [1.165, 1.54) is 12.8 Å². The highest BCUT2D eigenvalue weighted by molar-refractivity contribution is 5.10. The highest BCUT2D eigenvalue weighted by atomic mass is 16.3. The molecule has 0 spiro atoms. The van der Waals surface area contributed by atoms with Crippen LogP contribution in [0.1, 0.15) is 36.4 Å². The van der Waals surface area contributed by atoms with Gasteiger partial charge >= 0.3 is 0 Å². The molecular weight excluding hydrogens is 306 g/mol. The maximum Gasteiger partial charge on any atom is 0.0955 e. The second-order valence-corrected chi connectivity index (χ2v) is 6.97. The molecule has 2 fully saturated rings. The van der Waals surface area contributed by atoms with Gasteiger partial charge in [-0.25, -0.2) is 0 Å². The lowest BCUT2D eigenvalue weighted by Gasteiger charge is -2.18. The second kappa shape index (κ2) is 6.58. The Kier molecular flexibility index (Phi) is 4.30. The summed E-state index contributed by atoms with van der Waals surface area (Å²) in [4.78, 5) is 4.09. The number of aliphatic hydroxyl groups excluding tert-OH is 2. The zero-order valence-electron chi connectivity index (χ0n) is 13.5. The molecule has 0 unspecified atom stereocenters. The molecule has 0 bridgehead atoms. The molecule has 2 saturated carbocycles. The molecule has 2 aliphatic carbocycles. The Hall–Kier alpha value is -1.83. The summed E-state index contributed by atoms with van der Waals surface area (Å²) >= 11 is 0. The van der Waals surface area contributed by atoms with E-state index in [4.69, 9.17) is 0 Å². The summed E-state index contributed by atoms with van der Waals surface area (Å²) in [7, 11) is 0. The van der Waals surface area contributed by atoms with Gasteiger partial charge in [-0.3, -0.25) is 9.67 Å². The van der Waals surface area contributed by atoms with E-state index in [9.17, 15) is 10.2 Å². The van der Waals surface area contributed by atoms with Crippen LogP contribution in [0.15, 0.2) is 30.7 Å². The summed E-state index contributed by atoms with van der Waals surface area (Å²) in [6.45, 7) is 1.22. The Labute approximate surface area is 140 Å². The maximum absolute atomic E-state index is 10.4. The molecule has 4 rings (SSSR count). The summed E-state index contributed by atoms with van der Waals surface area (Å²) in [6.07, 6.45) is 7.11. The van der Waals surface area contributed by atoms with Gasteiger partial charge in [-0.1, -0.05) is 11.3 Å². The third kappa shape index (κ3) is 3.33. The summed E-state index contributed by atoms with van der Waals surface area (Å²) in [6, 6.07) is 3.75. The van der Waals surface area contributed by atoms with Gasteiger partial charge in [-0.05, 0) is 30.9 Å². The van der Waals surface area contributed by atoms with Crippen molar-refractivity contribution in [2.45, 2.75) is 56.5 Å². The van der Waals surface area contributed by atoms with Crippen molar-refractivity contribution in [1.82, 2.24) is 25.3 Å².